The van der Waals surface area contributed by atoms with Crippen LogP contribution in [-0.4, -0.2) is 110 Å². The monoisotopic (exact) mass is 756 g/mol. The summed E-state index contributed by atoms with van der Waals surface area (Å²) in [7, 11) is -52.5. The summed E-state index contributed by atoms with van der Waals surface area (Å²) in [5.74, 6) is 0. The minimum absolute atomic E-state index is 1.52. The highest BCUT2D eigenvalue weighted by molar-refractivity contribution is 7.72. The van der Waals surface area contributed by atoms with Gasteiger partial charge in [-0.1, -0.05) is 0 Å². The Morgan fingerprint density at radius 3 is 0.600 bits per heavy atom. The van der Waals surface area contributed by atoms with Gasteiger partial charge in [0, 0.05) is 0 Å². The van der Waals surface area contributed by atoms with Crippen LogP contribution in [0, 0.1) is 0 Å². The lowest BCUT2D eigenvalue weighted by atomic mass is 10.1. The summed E-state index contributed by atoms with van der Waals surface area (Å²) in [6.45, 7) is 0. The quantitative estimate of drug-likeness (QED) is 0.0733. The number of hydrogen-bond donors (Lipinski definition) is 16. The molecule has 0 bridgehead atoms. The topological polar surface area (TPSA) is 467 Å². The summed E-state index contributed by atoms with van der Waals surface area (Å²) < 4.78 is 91.9. The van der Waals surface area contributed by atoms with Crippen molar-refractivity contribution in [3.63, 3.8) is 0 Å². The zero-order chi connectivity index (χ0) is 32.9. The zero-order valence-corrected chi connectivity index (χ0v) is 25.8. The molecule has 0 aromatic carbocycles. The highest BCUT2D eigenvalue weighted by atomic mass is 31.3. The molecule has 34 heteroatoms. The van der Waals surface area contributed by atoms with E-state index in [4.69, 9.17) is 0 Å². The van der Waals surface area contributed by atoms with Crippen molar-refractivity contribution in [2.24, 2.45) is 0 Å². The largest absolute Gasteiger partial charge is 0.412 e. The molecule has 0 aliphatic heterocycles. The molecule has 0 aromatic heterocycles. The van der Waals surface area contributed by atoms with Gasteiger partial charge in [0.1, 0.15) is 0 Å². The number of nitrogens with zero attached hydrogens (tertiary/aromatic N) is 2. The Morgan fingerprint density at radius 1 is 0.350 bits per heavy atom. The molecule has 0 aliphatic rings. The molecule has 0 fully saturated rings. The van der Waals surface area contributed by atoms with Gasteiger partial charge < -0.3 is 78.3 Å². The summed E-state index contributed by atoms with van der Waals surface area (Å²) in [6, 6.07) is -7.20. The molecule has 0 heterocycles. The molecule has 0 rings (SSSR count). The van der Waals surface area contributed by atoms with E-state index < -0.39 is 106 Å². The van der Waals surface area contributed by atoms with Crippen molar-refractivity contribution in [2.75, 3.05) is 0 Å². The van der Waals surface area contributed by atoms with Crippen molar-refractivity contribution >= 4 is 61.4 Å². The third kappa shape index (κ3) is 11.6. The zero-order valence-electron chi connectivity index (χ0n) is 18.6. The van der Waals surface area contributed by atoms with Crippen LogP contribution in [0.4, 0.5) is 0 Å². The Labute approximate surface area is 221 Å². The van der Waals surface area contributed by atoms with Gasteiger partial charge in [-0.05, 0) is 12.8 Å². The smallest absolute Gasteiger partial charge is 0.324 e. The predicted octanol–water partition coefficient (Wildman–Crippen LogP) is -3.16. The van der Waals surface area contributed by atoms with Crippen molar-refractivity contribution in [3.05, 3.63) is 0 Å². The highest BCUT2D eigenvalue weighted by Gasteiger charge is 2.61. The van der Waals surface area contributed by atoms with E-state index in [1.165, 1.54) is 0 Å². The van der Waals surface area contributed by atoms with Gasteiger partial charge in [-0.2, -0.15) is 0 Å². The van der Waals surface area contributed by atoms with E-state index in [2.05, 4.69) is 0 Å². The lowest BCUT2D eigenvalue weighted by Gasteiger charge is -2.40. The van der Waals surface area contributed by atoms with Crippen molar-refractivity contribution in [2.45, 2.75) is 35.7 Å². The van der Waals surface area contributed by atoms with Crippen LogP contribution >= 0.6 is 61.4 Å². The summed E-state index contributed by atoms with van der Waals surface area (Å²) in [4.78, 5) is 151. The fraction of sp³-hybridized carbons (Fsp3) is 1.00. The number of hydrogen-bond acceptors (Lipinski definition) is 8. The molecule has 0 radical (unpaired) electrons. The first-order chi connectivity index (χ1) is 17.0. The highest BCUT2D eigenvalue weighted by Crippen LogP contribution is 2.71. The maximum atomic E-state index is 11.9. The number of rotatable bonds is 15. The van der Waals surface area contributed by atoms with Crippen LogP contribution < -0.4 is 0 Å². The van der Waals surface area contributed by atoms with Gasteiger partial charge in [0.15, 0.2) is 10.8 Å². The fourth-order valence-corrected chi connectivity index (χ4v) is 15.3. The van der Waals surface area contributed by atoms with Gasteiger partial charge in [0.2, 0.25) is 0 Å². The second-order valence-corrected chi connectivity index (χ2v) is 21.8. The standard InChI is InChI=1S/C6H24N2O24P8/c9-33(10,11)5(34(12,13)14)3(7(37(21,22)23)38(24,25)26)1-2-4(6(35(15,16)17)36(18,19)20)8(39(27,28)29)40(30,31)32/h3-6H,1-2H2,(H2,9,10,11)(H2,12,13,14)(H2,15,16,17)(H2,18,19,20)(H2,21,22,23)(H2,24,25,26)(H2,27,28,29)(H2,30,31,32). The first kappa shape index (κ1) is 41.1. The van der Waals surface area contributed by atoms with E-state index in [1.54, 1.807) is 0 Å². The first-order valence-corrected chi connectivity index (χ1v) is 22.0. The molecule has 2 unspecified atom stereocenters. The van der Waals surface area contributed by atoms with Gasteiger partial charge >= 0.3 is 61.4 Å². The van der Waals surface area contributed by atoms with E-state index in [9.17, 15) is 115 Å². The van der Waals surface area contributed by atoms with Crippen LogP contribution in [0.5, 0.6) is 0 Å². The minimum atomic E-state index is -6.63. The maximum absolute atomic E-state index is 11.9. The Bertz CT molecular complexity index is 1010. The van der Waals surface area contributed by atoms with Gasteiger partial charge in [-0.15, -0.1) is 8.88 Å². The average Bonchev–Trinajstić information content (AvgIpc) is 2.48. The molecule has 40 heavy (non-hydrogen) atoms. The summed E-state index contributed by atoms with van der Waals surface area (Å²) in [5, 5.41) is -7.77. The van der Waals surface area contributed by atoms with E-state index >= 15 is 0 Å². The normalized spacial score (nSPS) is 17.2. The molecule has 2 atom stereocenters. The molecule has 16 N–H and O–H groups in total. The van der Waals surface area contributed by atoms with Crippen molar-refractivity contribution < 1.29 is 115 Å². The summed E-state index contributed by atoms with van der Waals surface area (Å²) in [6.07, 6.45) is -4.29. The minimum Gasteiger partial charge on any atom is -0.324 e. The molecular weight excluding hydrogens is 732 g/mol. The van der Waals surface area contributed by atoms with E-state index in [0.717, 1.165) is 0 Å². The molecule has 0 aromatic rings. The van der Waals surface area contributed by atoms with Crippen LogP contribution in [0.3, 0.4) is 0 Å². The van der Waals surface area contributed by atoms with Crippen molar-refractivity contribution in [3.8, 4) is 0 Å². The van der Waals surface area contributed by atoms with Crippen molar-refractivity contribution in [1.29, 1.82) is 0 Å². The molecule has 0 spiro atoms. The third-order valence-corrected chi connectivity index (χ3v) is 18.3. The molecule has 0 amide bonds. The molecule has 0 saturated carbocycles. The van der Waals surface area contributed by atoms with Gasteiger partial charge in [0.05, 0.1) is 12.1 Å². The van der Waals surface area contributed by atoms with Crippen LogP contribution in [0.25, 0.3) is 0 Å². The Balaban J connectivity index is 7.78. The van der Waals surface area contributed by atoms with Gasteiger partial charge in [-0.3, -0.25) is 18.3 Å². The molecule has 0 saturated heterocycles. The average molecular weight is 756 g/mol. The van der Waals surface area contributed by atoms with Crippen molar-refractivity contribution in [1.82, 2.24) is 8.88 Å². The lowest BCUT2D eigenvalue weighted by molar-refractivity contribution is 0.199. The fourth-order valence-electron chi connectivity index (χ4n) is 3.47. The van der Waals surface area contributed by atoms with E-state index in [0.29, 0.717) is 0 Å². The lowest BCUT2D eigenvalue weighted by Crippen LogP contribution is -2.44. The van der Waals surface area contributed by atoms with E-state index in [1.807, 2.05) is 0 Å². The van der Waals surface area contributed by atoms with Gasteiger partial charge in [-0.25, -0.2) is 18.3 Å². The van der Waals surface area contributed by atoms with E-state index in [-0.39, 0.29) is 0 Å². The first-order valence-electron chi connectivity index (χ1n) is 8.99. The molecule has 242 valence electrons. The van der Waals surface area contributed by atoms with Crippen LogP contribution in [0.15, 0.2) is 0 Å². The summed E-state index contributed by atoms with van der Waals surface area (Å²) in [5.41, 5.74) is 0. The van der Waals surface area contributed by atoms with Crippen LogP contribution in [0.1, 0.15) is 12.8 Å². The Hall–Kier alpha value is 1.12. The van der Waals surface area contributed by atoms with Crippen LogP contribution in [0.2, 0.25) is 0 Å². The molecule has 26 nitrogen and oxygen atoms in total. The van der Waals surface area contributed by atoms with Gasteiger partial charge in [0.25, 0.3) is 0 Å². The summed E-state index contributed by atoms with van der Waals surface area (Å²) >= 11 is 0. The predicted molar refractivity (Wildman–Crippen MR) is 124 cm³/mol. The Morgan fingerprint density at radius 2 is 0.500 bits per heavy atom. The molecule has 0 aliphatic carbocycles. The third-order valence-electron chi connectivity index (χ3n) is 4.49. The molecular formula is C6H24N2O24P8. The van der Waals surface area contributed by atoms with Crippen LogP contribution in [-0.2, 0) is 36.5 Å². The SMILES string of the molecule is O=P(O)(O)C(C(CCC(C(P(=O)(O)O)P(=O)(O)O)N(P(=O)(O)O)P(=O)(O)O)N(P(=O)(O)O)P(=O)(O)O)P(=O)(O)O. The second kappa shape index (κ2) is 12.9. The second-order valence-electron chi connectivity index (χ2n) is 7.59. The maximum Gasteiger partial charge on any atom is 0.412 e. The Kier molecular flexibility index (Phi) is 13.2.